The van der Waals surface area contributed by atoms with Gasteiger partial charge in [0.05, 0.1) is 12.7 Å². The number of ether oxygens (including phenoxy) is 1. The van der Waals surface area contributed by atoms with Crippen LogP contribution in [0, 0.1) is 0 Å². The van der Waals surface area contributed by atoms with Crippen LogP contribution in [0.1, 0.15) is 5.56 Å². The number of oxazole rings is 1. The zero-order chi connectivity index (χ0) is 10.8. The Labute approximate surface area is 92.6 Å². The van der Waals surface area contributed by atoms with Gasteiger partial charge in [-0.3, -0.25) is 0 Å². The molecule has 2 aromatic rings. The van der Waals surface area contributed by atoms with Crippen LogP contribution in [0.5, 0.6) is 0 Å². The lowest BCUT2D eigenvalue weighted by molar-refractivity contribution is 0.348. The monoisotopic (exact) mass is 214 g/mol. The highest BCUT2D eigenvalue weighted by Gasteiger charge is 2.10. The van der Waals surface area contributed by atoms with E-state index in [4.69, 9.17) is 9.15 Å². The minimum absolute atomic E-state index is 0.626. The molecule has 0 saturated heterocycles. The summed E-state index contributed by atoms with van der Waals surface area (Å²) in [7, 11) is 0. The van der Waals surface area contributed by atoms with Crippen molar-refractivity contribution in [2.45, 2.75) is 0 Å². The number of aromatic nitrogens is 1. The van der Waals surface area contributed by atoms with Crippen molar-refractivity contribution in [1.29, 1.82) is 0 Å². The van der Waals surface area contributed by atoms with Gasteiger partial charge in [-0.2, -0.15) is 0 Å². The SMILES string of the molecule is c1coc(-c2ccc(C3=NCCO3)cc2)n1. The fourth-order valence-electron chi connectivity index (χ4n) is 1.63. The van der Waals surface area contributed by atoms with Gasteiger partial charge in [0, 0.05) is 11.1 Å². The summed E-state index contributed by atoms with van der Waals surface area (Å²) >= 11 is 0. The summed E-state index contributed by atoms with van der Waals surface area (Å²) in [5.74, 6) is 1.35. The lowest BCUT2D eigenvalue weighted by Gasteiger charge is -2.01. The molecule has 0 aliphatic carbocycles. The second-order valence-electron chi connectivity index (χ2n) is 3.45. The summed E-state index contributed by atoms with van der Waals surface area (Å²) in [6.07, 6.45) is 3.20. The van der Waals surface area contributed by atoms with Crippen LogP contribution in [0.15, 0.2) is 46.1 Å². The van der Waals surface area contributed by atoms with Crippen LogP contribution < -0.4 is 0 Å². The molecule has 1 aromatic carbocycles. The third-order valence-electron chi connectivity index (χ3n) is 2.40. The minimum Gasteiger partial charge on any atom is -0.476 e. The molecular weight excluding hydrogens is 204 g/mol. The highest BCUT2D eigenvalue weighted by Crippen LogP contribution is 2.18. The first-order chi connectivity index (χ1) is 7.93. The summed E-state index contributed by atoms with van der Waals surface area (Å²) in [5.41, 5.74) is 1.94. The fraction of sp³-hybridized carbons (Fsp3) is 0.167. The number of nitrogens with zero attached hydrogens (tertiary/aromatic N) is 2. The molecule has 0 amide bonds. The summed E-state index contributed by atoms with van der Waals surface area (Å²) < 4.78 is 10.6. The molecule has 1 aromatic heterocycles. The topological polar surface area (TPSA) is 47.6 Å². The van der Waals surface area contributed by atoms with Crippen LogP contribution in [0.3, 0.4) is 0 Å². The van der Waals surface area contributed by atoms with Gasteiger partial charge in [-0.15, -0.1) is 0 Å². The molecule has 16 heavy (non-hydrogen) atoms. The molecule has 2 heterocycles. The molecule has 0 bridgehead atoms. The third-order valence-corrected chi connectivity index (χ3v) is 2.40. The Morgan fingerprint density at radius 1 is 1.06 bits per heavy atom. The Kier molecular flexibility index (Phi) is 2.18. The maximum Gasteiger partial charge on any atom is 0.225 e. The lowest BCUT2D eigenvalue weighted by Crippen LogP contribution is -2.00. The molecule has 0 spiro atoms. The zero-order valence-electron chi connectivity index (χ0n) is 8.59. The van der Waals surface area contributed by atoms with Crippen LogP contribution in [0.25, 0.3) is 11.5 Å². The van der Waals surface area contributed by atoms with E-state index in [1.54, 1.807) is 12.5 Å². The highest BCUT2D eigenvalue weighted by molar-refractivity contribution is 5.95. The molecule has 0 radical (unpaired) electrons. The number of benzene rings is 1. The van der Waals surface area contributed by atoms with E-state index in [2.05, 4.69) is 9.98 Å². The van der Waals surface area contributed by atoms with E-state index in [1.807, 2.05) is 24.3 Å². The van der Waals surface area contributed by atoms with Gasteiger partial charge in [0.15, 0.2) is 0 Å². The van der Waals surface area contributed by atoms with E-state index < -0.39 is 0 Å². The Morgan fingerprint density at radius 3 is 2.50 bits per heavy atom. The fourth-order valence-corrected chi connectivity index (χ4v) is 1.63. The molecule has 0 unspecified atom stereocenters. The molecule has 1 aliphatic heterocycles. The normalized spacial score (nSPS) is 14.6. The maximum atomic E-state index is 5.38. The van der Waals surface area contributed by atoms with Crippen LogP contribution in [-0.2, 0) is 4.74 Å². The summed E-state index contributed by atoms with van der Waals surface area (Å²) in [6.45, 7) is 1.42. The predicted molar refractivity (Wildman–Crippen MR) is 59.3 cm³/mol. The Bertz CT molecular complexity index is 500. The van der Waals surface area contributed by atoms with Crippen LogP contribution >= 0.6 is 0 Å². The van der Waals surface area contributed by atoms with Gasteiger partial charge in [0.25, 0.3) is 0 Å². The van der Waals surface area contributed by atoms with E-state index in [0.29, 0.717) is 12.5 Å². The van der Waals surface area contributed by atoms with E-state index in [0.717, 1.165) is 23.6 Å². The lowest BCUT2D eigenvalue weighted by atomic mass is 10.1. The first kappa shape index (κ1) is 9.15. The molecule has 0 atom stereocenters. The summed E-state index contributed by atoms with van der Waals surface area (Å²) in [5, 5.41) is 0. The Balaban J connectivity index is 1.90. The average Bonchev–Trinajstić information content (AvgIpc) is 3.03. The van der Waals surface area contributed by atoms with Crippen molar-refractivity contribution in [1.82, 2.24) is 4.98 Å². The van der Waals surface area contributed by atoms with E-state index in [1.165, 1.54) is 0 Å². The quantitative estimate of drug-likeness (QED) is 0.769. The molecule has 1 aliphatic rings. The van der Waals surface area contributed by atoms with Crippen molar-refractivity contribution >= 4 is 5.90 Å². The van der Waals surface area contributed by atoms with Gasteiger partial charge in [-0.25, -0.2) is 9.98 Å². The molecule has 3 rings (SSSR count). The van der Waals surface area contributed by atoms with Crippen LogP contribution in [0.2, 0.25) is 0 Å². The molecule has 0 fully saturated rings. The standard InChI is InChI=1S/C12H10N2O2/c1-2-10(12-14-6-8-16-12)4-3-9(1)11-13-5-7-15-11/h1-5,7H,6,8H2. The second kappa shape index (κ2) is 3.81. The van der Waals surface area contributed by atoms with Crippen molar-refractivity contribution in [2.24, 2.45) is 4.99 Å². The molecule has 0 saturated carbocycles. The number of rotatable bonds is 2. The van der Waals surface area contributed by atoms with Crippen LogP contribution in [-0.4, -0.2) is 24.0 Å². The van der Waals surface area contributed by atoms with Gasteiger partial charge in [0.1, 0.15) is 12.9 Å². The van der Waals surface area contributed by atoms with Gasteiger partial charge >= 0.3 is 0 Å². The van der Waals surface area contributed by atoms with Gasteiger partial charge in [-0.05, 0) is 24.3 Å². The average molecular weight is 214 g/mol. The van der Waals surface area contributed by atoms with E-state index in [-0.39, 0.29) is 0 Å². The van der Waals surface area contributed by atoms with Crippen LogP contribution in [0.4, 0.5) is 0 Å². The molecule has 0 N–H and O–H groups in total. The van der Waals surface area contributed by atoms with Crippen molar-refractivity contribution < 1.29 is 9.15 Å². The van der Waals surface area contributed by atoms with E-state index in [9.17, 15) is 0 Å². The van der Waals surface area contributed by atoms with Gasteiger partial charge in [0.2, 0.25) is 11.8 Å². The first-order valence-corrected chi connectivity index (χ1v) is 5.11. The van der Waals surface area contributed by atoms with Crippen molar-refractivity contribution in [3.05, 3.63) is 42.3 Å². The number of hydrogen-bond donors (Lipinski definition) is 0. The summed E-state index contributed by atoms with van der Waals surface area (Å²) in [4.78, 5) is 8.34. The highest BCUT2D eigenvalue weighted by atomic mass is 16.5. The molecule has 4 heteroatoms. The van der Waals surface area contributed by atoms with Crippen molar-refractivity contribution in [3.8, 4) is 11.5 Å². The largest absolute Gasteiger partial charge is 0.476 e. The van der Waals surface area contributed by atoms with Crippen molar-refractivity contribution in [2.75, 3.05) is 13.2 Å². The predicted octanol–water partition coefficient (Wildman–Crippen LogP) is 2.12. The maximum absolute atomic E-state index is 5.38. The minimum atomic E-state index is 0.626. The molecule has 80 valence electrons. The number of hydrogen-bond acceptors (Lipinski definition) is 4. The van der Waals surface area contributed by atoms with Crippen molar-refractivity contribution in [3.63, 3.8) is 0 Å². The second-order valence-corrected chi connectivity index (χ2v) is 3.45. The first-order valence-electron chi connectivity index (χ1n) is 5.11. The smallest absolute Gasteiger partial charge is 0.225 e. The molecular formula is C12H10N2O2. The third kappa shape index (κ3) is 1.58. The molecule has 4 nitrogen and oxygen atoms in total. The number of aliphatic imine (C=N–C) groups is 1. The van der Waals surface area contributed by atoms with Gasteiger partial charge in [-0.1, -0.05) is 0 Å². The zero-order valence-corrected chi connectivity index (χ0v) is 8.59. The summed E-state index contributed by atoms with van der Waals surface area (Å²) in [6, 6.07) is 7.82. The Hall–Kier alpha value is -2.10. The Morgan fingerprint density at radius 2 is 1.88 bits per heavy atom. The van der Waals surface area contributed by atoms with Gasteiger partial charge < -0.3 is 9.15 Å². The van der Waals surface area contributed by atoms with E-state index >= 15 is 0 Å².